The molecule has 0 radical (unpaired) electrons. The summed E-state index contributed by atoms with van der Waals surface area (Å²) < 4.78 is 0. The molecule has 0 rings (SSSR count). The van der Waals surface area contributed by atoms with Gasteiger partial charge in [-0.2, -0.15) is 11.8 Å². The van der Waals surface area contributed by atoms with Gasteiger partial charge in [0.15, 0.2) is 0 Å². The van der Waals surface area contributed by atoms with Crippen LogP contribution in [-0.2, 0) is 0 Å². The predicted molar refractivity (Wildman–Crippen MR) is 47.5 cm³/mol. The Bertz CT molecular complexity index is 70.6. The first kappa shape index (κ1) is 10.3. The second-order valence-electron chi connectivity index (χ2n) is 2.47. The zero-order valence-corrected chi connectivity index (χ0v) is 7.58. The Morgan fingerprint density at radius 1 is 1.60 bits per heavy atom. The van der Waals surface area contributed by atoms with Gasteiger partial charge in [-0.1, -0.05) is 6.92 Å². The van der Waals surface area contributed by atoms with Crippen LogP contribution in [0.25, 0.3) is 0 Å². The van der Waals surface area contributed by atoms with Crippen molar-refractivity contribution in [2.24, 2.45) is 5.92 Å². The van der Waals surface area contributed by atoms with Gasteiger partial charge in [-0.25, -0.2) is 0 Å². The molecule has 10 heavy (non-hydrogen) atoms. The fourth-order valence-corrected chi connectivity index (χ4v) is 1.53. The molecule has 0 aromatic heterocycles. The lowest BCUT2D eigenvalue weighted by Crippen LogP contribution is -2.11. The maximum atomic E-state index is 8.66. The van der Waals surface area contributed by atoms with E-state index in [9.17, 15) is 0 Å². The first-order valence-corrected chi connectivity index (χ1v) is 4.80. The highest BCUT2D eigenvalue weighted by atomic mass is 32.2. The van der Waals surface area contributed by atoms with E-state index < -0.39 is 0 Å². The van der Waals surface area contributed by atoms with Crippen molar-refractivity contribution in [3.63, 3.8) is 0 Å². The van der Waals surface area contributed by atoms with Gasteiger partial charge < -0.3 is 10.4 Å². The van der Waals surface area contributed by atoms with E-state index in [2.05, 4.69) is 12.2 Å². The molecule has 2 N–H and O–H groups in total. The van der Waals surface area contributed by atoms with Gasteiger partial charge in [0.25, 0.3) is 0 Å². The molecule has 0 aliphatic rings. The number of nitrogens with one attached hydrogen (secondary N) is 1. The third kappa shape index (κ3) is 6.39. The van der Waals surface area contributed by atoms with Gasteiger partial charge in [0.1, 0.15) is 0 Å². The number of hydrogen-bond acceptors (Lipinski definition) is 3. The van der Waals surface area contributed by atoms with Gasteiger partial charge >= 0.3 is 0 Å². The van der Waals surface area contributed by atoms with Crippen LogP contribution in [0.15, 0.2) is 0 Å². The predicted octanol–water partition coefficient (Wildman–Crippen LogP) is 0.567. The van der Waals surface area contributed by atoms with Crippen LogP contribution in [0.5, 0.6) is 0 Å². The molecule has 62 valence electrons. The van der Waals surface area contributed by atoms with Gasteiger partial charge in [-0.3, -0.25) is 0 Å². The number of aliphatic hydroxyl groups excluding tert-OH is 1. The van der Waals surface area contributed by atoms with Crippen LogP contribution in [0.4, 0.5) is 0 Å². The molecule has 0 aliphatic carbocycles. The van der Waals surface area contributed by atoms with E-state index in [4.69, 9.17) is 5.11 Å². The standard InChI is InChI=1S/C7H17NOS/c1-7(5-9)6-10-4-3-8-2/h7-9H,3-6H2,1-2H3. The Morgan fingerprint density at radius 2 is 2.30 bits per heavy atom. The van der Waals surface area contributed by atoms with Crippen molar-refractivity contribution in [2.45, 2.75) is 6.92 Å². The Morgan fingerprint density at radius 3 is 2.80 bits per heavy atom. The SMILES string of the molecule is CNCCSCC(C)CO. The van der Waals surface area contributed by atoms with Gasteiger partial charge in [-0.15, -0.1) is 0 Å². The first-order chi connectivity index (χ1) is 4.81. The largest absolute Gasteiger partial charge is 0.396 e. The molecule has 0 aromatic rings. The van der Waals surface area contributed by atoms with E-state index in [-0.39, 0.29) is 0 Å². The zero-order chi connectivity index (χ0) is 7.82. The fourth-order valence-electron chi connectivity index (χ4n) is 0.511. The Hall–Kier alpha value is 0.270. The summed E-state index contributed by atoms with van der Waals surface area (Å²) in [5.74, 6) is 2.65. The topological polar surface area (TPSA) is 32.3 Å². The van der Waals surface area contributed by atoms with Crippen LogP contribution in [0.1, 0.15) is 6.92 Å². The quantitative estimate of drug-likeness (QED) is 0.561. The maximum Gasteiger partial charge on any atom is 0.0464 e. The molecule has 0 saturated heterocycles. The second kappa shape index (κ2) is 7.38. The van der Waals surface area contributed by atoms with E-state index in [1.54, 1.807) is 0 Å². The van der Waals surface area contributed by atoms with Crippen LogP contribution in [0.3, 0.4) is 0 Å². The molecule has 0 aromatic carbocycles. The number of thioether (sulfide) groups is 1. The molecular formula is C7H17NOS. The minimum absolute atomic E-state index is 0.312. The molecular weight excluding hydrogens is 146 g/mol. The van der Waals surface area contributed by atoms with Crippen molar-refractivity contribution in [2.75, 3.05) is 31.7 Å². The van der Waals surface area contributed by atoms with Crippen molar-refractivity contribution in [1.29, 1.82) is 0 Å². The van der Waals surface area contributed by atoms with Crippen molar-refractivity contribution >= 4 is 11.8 Å². The molecule has 0 bridgehead atoms. The van der Waals surface area contributed by atoms with Crippen molar-refractivity contribution in [3.8, 4) is 0 Å². The second-order valence-corrected chi connectivity index (χ2v) is 3.62. The third-order valence-electron chi connectivity index (χ3n) is 1.21. The molecule has 0 fully saturated rings. The molecule has 1 atom stereocenters. The van der Waals surface area contributed by atoms with Gasteiger partial charge in [0.2, 0.25) is 0 Å². The van der Waals surface area contributed by atoms with E-state index in [1.165, 1.54) is 0 Å². The van der Waals surface area contributed by atoms with Crippen LogP contribution in [0, 0.1) is 5.92 Å². The smallest absolute Gasteiger partial charge is 0.0464 e. The van der Waals surface area contributed by atoms with E-state index in [1.807, 2.05) is 18.8 Å². The van der Waals surface area contributed by atoms with Crippen LogP contribution >= 0.6 is 11.8 Å². The van der Waals surface area contributed by atoms with Crippen molar-refractivity contribution < 1.29 is 5.11 Å². The van der Waals surface area contributed by atoms with E-state index >= 15 is 0 Å². The maximum absolute atomic E-state index is 8.66. The highest BCUT2D eigenvalue weighted by Gasteiger charge is 1.97. The Balaban J connectivity index is 2.89. The molecule has 0 aliphatic heterocycles. The van der Waals surface area contributed by atoms with Gasteiger partial charge in [0, 0.05) is 18.9 Å². The summed E-state index contributed by atoms with van der Waals surface area (Å²) in [4.78, 5) is 0. The monoisotopic (exact) mass is 163 g/mol. The zero-order valence-electron chi connectivity index (χ0n) is 6.76. The summed E-state index contributed by atoms with van der Waals surface area (Å²) in [5, 5.41) is 11.7. The lowest BCUT2D eigenvalue weighted by Gasteiger charge is -2.05. The average Bonchev–Trinajstić information content (AvgIpc) is 1.98. The van der Waals surface area contributed by atoms with Crippen molar-refractivity contribution in [3.05, 3.63) is 0 Å². The summed E-state index contributed by atoms with van der Waals surface area (Å²) in [6.07, 6.45) is 0. The number of aliphatic hydroxyl groups is 1. The summed E-state index contributed by atoms with van der Waals surface area (Å²) in [6, 6.07) is 0. The molecule has 0 heterocycles. The minimum atomic E-state index is 0.312. The molecule has 2 nitrogen and oxygen atoms in total. The summed E-state index contributed by atoms with van der Waals surface area (Å²) in [7, 11) is 1.95. The average molecular weight is 163 g/mol. The van der Waals surface area contributed by atoms with E-state index in [0.717, 1.165) is 18.1 Å². The Labute approximate surface area is 67.4 Å². The lowest BCUT2D eigenvalue weighted by molar-refractivity contribution is 0.250. The summed E-state index contributed by atoms with van der Waals surface area (Å²) in [5.41, 5.74) is 0. The van der Waals surface area contributed by atoms with Crippen LogP contribution in [0.2, 0.25) is 0 Å². The molecule has 0 spiro atoms. The summed E-state index contributed by atoms with van der Waals surface area (Å²) in [6.45, 7) is 3.43. The van der Waals surface area contributed by atoms with Gasteiger partial charge in [-0.05, 0) is 18.7 Å². The highest BCUT2D eigenvalue weighted by Crippen LogP contribution is 2.05. The lowest BCUT2D eigenvalue weighted by atomic mass is 10.2. The molecule has 3 heteroatoms. The highest BCUT2D eigenvalue weighted by molar-refractivity contribution is 7.99. The molecule has 1 unspecified atom stereocenters. The Kier molecular flexibility index (Phi) is 7.58. The summed E-state index contributed by atoms with van der Waals surface area (Å²) >= 11 is 1.89. The van der Waals surface area contributed by atoms with Crippen LogP contribution in [-0.4, -0.2) is 36.8 Å². The first-order valence-electron chi connectivity index (χ1n) is 3.64. The third-order valence-corrected chi connectivity index (χ3v) is 2.51. The number of rotatable bonds is 6. The molecule has 0 amide bonds. The molecule has 0 saturated carbocycles. The van der Waals surface area contributed by atoms with Crippen LogP contribution < -0.4 is 5.32 Å². The van der Waals surface area contributed by atoms with Gasteiger partial charge in [0.05, 0.1) is 0 Å². The minimum Gasteiger partial charge on any atom is -0.396 e. The fraction of sp³-hybridized carbons (Fsp3) is 1.00. The number of hydrogen-bond donors (Lipinski definition) is 2. The normalized spacial score (nSPS) is 13.5. The van der Waals surface area contributed by atoms with E-state index in [0.29, 0.717) is 12.5 Å². The van der Waals surface area contributed by atoms with Crippen molar-refractivity contribution in [1.82, 2.24) is 5.32 Å².